The van der Waals surface area contributed by atoms with Crippen LogP contribution in [-0.4, -0.2) is 7.38 Å². The van der Waals surface area contributed by atoms with E-state index in [1.54, 1.807) is 17.0 Å². The van der Waals surface area contributed by atoms with Crippen molar-refractivity contribution in [3.63, 3.8) is 0 Å². The van der Waals surface area contributed by atoms with Crippen molar-refractivity contribution in [2.24, 2.45) is 0 Å². The van der Waals surface area contributed by atoms with Gasteiger partial charge in [0, 0.05) is 0 Å². The van der Waals surface area contributed by atoms with Gasteiger partial charge in [-0.25, -0.2) is 0 Å². The predicted octanol–water partition coefficient (Wildman–Crippen LogP) is -1.81. The first kappa shape index (κ1) is 17.0. The quantitative estimate of drug-likeness (QED) is 0.381. The standard InChI is InChI=1S/C13H15ClSi.2ClH.Zr/c1-2-11-15(14,12-7-3-4-8-12)13-9-5-6-10-13;;;/h3,5,7,9H,2,4,6,11H2,1H3;2*1H;/q;;;+2/p-2. The molecule has 0 aromatic heterocycles. The Balaban J connectivity index is 0.000000810. The zero-order chi connectivity index (χ0) is 11.2. The van der Waals surface area contributed by atoms with Crippen LogP contribution < -0.4 is 24.8 Å². The summed E-state index contributed by atoms with van der Waals surface area (Å²) in [5, 5.41) is 3.24. The van der Waals surface area contributed by atoms with Gasteiger partial charge in [0.05, 0.1) is 0 Å². The summed E-state index contributed by atoms with van der Waals surface area (Å²) in [5.74, 6) is 0. The number of halogens is 3. The van der Waals surface area contributed by atoms with Gasteiger partial charge in [0.15, 0.2) is 0 Å². The maximum absolute atomic E-state index is 7.13. The average molecular weight is 397 g/mol. The number of hydrogen-bond donors (Lipinski definition) is 0. The normalized spacial score (nSPS) is 21.7. The Hall–Kier alpha value is 0.930. The van der Waals surface area contributed by atoms with Crippen LogP contribution in [0.15, 0.2) is 41.3 Å². The molecule has 0 saturated carbocycles. The van der Waals surface area contributed by atoms with E-state index in [2.05, 4.69) is 31.2 Å². The molecule has 0 aromatic carbocycles. The van der Waals surface area contributed by atoms with Crippen LogP contribution in [0.25, 0.3) is 0 Å². The molecule has 0 nitrogen and oxygen atoms in total. The van der Waals surface area contributed by atoms with Crippen LogP contribution in [0.4, 0.5) is 0 Å². The first-order chi connectivity index (χ1) is 7.75. The third kappa shape index (κ3) is 2.56. The molecule has 1 aliphatic heterocycles. The maximum Gasteiger partial charge on any atom is -1.00 e. The van der Waals surface area contributed by atoms with E-state index in [0.717, 1.165) is 0 Å². The van der Waals surface area contributed by atoms with E-state index in [1.165, 1.54) is 25.3 Å². The van der Waals surface area contributed by atoms with Gasteiger partial charge in [-0.05, 0) is 0 Å². The molecule has 0 amide bonds. The van der Waals surface area contributed by atoms with Crippen molar-refractivity contribution in [3.8, 4) is 0 Å². The molecule has 96 valence electrons. The van der Waals surface area contributed by atoms with Gasteiger partial charge in [0.25, 0.3) is 0 Å². The molecule has 18 heavy (non-hydrogen) atoms. The van der Waals surface area contributed by atoms with E-state index in [1.807, 2.05) is 0 Å². The maximum atomic E-state index is 7.13. The van der Waals surface area contributed by atoms with E-state index in [9.17, 15) is 0 Å². The number of rotatable bonds is 2. The average Bonchev–Trinajstić information content (AvgIpc) is 2.86. The Bertz CT molecular complexity index is 427. The number of allylic oxidation sites excluding steroid dienone is 8. The molecule has 3 rings (SSSR count). The van der Waals surface area contributed by atoms with Crippen molar-refractivity contribution < 1.29 is 48.0 Å². The van der Waals surface area contributed by atoms with Crippen LogP contribution in [0, 0.1) is 0 Å². The summed E-state index contributed by atoms with van der Waals surface area (Å²) >= 11 is 6.69. The van der Waals surface area contributed by atoms with Gasteiger partial charge in [-0.1, -0.05) is 0 Å². The summed E-state index contributed by atoms with van der Waals surface area (Å²) in [7, 11) is -1.80. The molecule has 0 bridgehead atoms. The Morgan fingerprint density at radius 1 is 1.11 bits per heavy atom. The zero-order valence-electron chi connectivity index (χ0n) is 10.3. The fourth-order valence-corrected chi connectivity index (χ4v) is 16.1. The van der Waals surface area contributed by atoms with E-state index in [-0.39, 0.29) is 24.8 Å². The summed E-state index contributed by atoms with van der Waals surface area (Å²) < 4.78 is 3.59. The minimum Gasteiger partial charge on any atom is -1.00 e. The molecule has 0 aromatic rings. The molecule has 0 atom stereocenters. The van der Waals surface area contributed by atoms with Crippen molar-refractivity contribution in [2.45, 2.75) is 32.2 Å². The molecule has 0 saturated heterocycles. The molecule has 0 radical (unpaired) electrons. The van der Waals surface area contributed by atoms with Gasteiger partial charge in [-0.15, -0.1) is 0 Å². The number of hydrogen-bond acceptors (Lipinski definition) is 0. The van der Waals surface area contributed by atoms with Crippen LogP contribution in [0.2, 0.25) is 6.04 Å². The molecule has 0 fully saturated rings. The third-order valence-electron chi connectivity index (χ3n) is 3.61. The Morgan fingerprint density at radius 2 is 1.61 bits per heavy atom. The van der Waals surface area contributed by atoms with Crippen LogP contribution in [-0.2, 0) is 23.2 Å². The fraction of sp³-hybridized carbons (Fsp3) is 0.385. The molecule has 0 N–H and O–H groups in total. The van der Waals surface area contributed by atoms with Gasteiger partial charge in [0.2, 0.25) is 0 Å². The van der Waals surface area contributed by atoms with E-state index in [0.29, 0.717) is 0 Å². The molecule has 1 heterocycles. The Kier molecular flexibility index (Phi) is 6.22. The first-order valence-corrected chi connectivity index (χ1v) is 11.7. The van der Waals surface area contributed by atoms with Crippen molar-refractivity contribution in [1.29, 1.82) is 0 Å². The van der Waals surface area contributed by atoms with Gasteiger partial charge >= 0.3 is 115 Å². The van der Waals surface area contributed by atoms with Crippen molar-refractivity contribution in [3.05, 3.63) is 41.3 Å². The second kappa shape index (κ2) is 6.59. The van der Waals surface area contributed by atoms with Gasteiger partial charge in [-0.2, -0.15) is 0 Å². The van der Waals surface area contributed by atoms with Crippen LogP contribution >= 0.6 is 11.1 Å². The van der Waals surface area contributed by atoms with E-state index in [4.69, 9.17) is 11.1 Å². The third-order valence-corrected chi connectivity index (χ3v) is 14.3. The largest absolute Gasteiger partial charge is 1.00 e. The molecule has 3 aliphatic rings. The molecule has 5 heteroatoms. The molecule has 0 unspecified atom stereocenters. The summed E-state index contributed by atoms with van der Waals surface area (Å²) in [6.45, 7) is 2.27. The summed E-state index contributed by atoms with van der Waals surface area (Å²) in [6, 6.07) is 1.22. The second-order valence-electron chi connectivity index (χ2n) is 4.67. The summed E-state index contributed by atoms with van der Waals surface area (Å²) in [5.41, 5.74) is 0. The molecule has 0 spiro atoms. The van der Waals surface area contributed by atoms with E-state index >= 15 is 0 Å². The van der Waals surface area contributed by atoms with Crippen LogP contribution in [0.1, 0.15) is 26.2 Å². The predicted molar refractivity (Wildman–Crippen MR) is 68.3 cm³/mol. The van der Waals surface area contributed by atoms with Gasteiger partial charge in [-0.3, -0.25) is 0 Å². The van der Waals surface area contributed by atoms with Crippen molar-refractivity contribution in [1.82, 2.24) is 0 Å². The minimum absolute atomic E-state index is 0. The Morgan fingerprint density at radius 3 is 2.06 bits per heavy atom. The van der Waals surface area contributed by atoms with Crippen molar-refractivity contribution in [2.75, 3.05) is 0 Å². The fourth-order valence-electron chi connectivity index (χ4n) is 2.93. The monoisotopic (exact) mass is 394 g/mol. The van der Waals surface area contributed by atoms with Gasteiger partial charge < -0.3 is 24.8 Å². The van der Waals surface area contributed by atoms with Gasteiger partial charge in [0.1, 0.15) is 0 Å². The smallest absolute Gasteiger partial charge is 1.00 e. The minimum atomic E-state index is -1.80. The zero-order valence-corrected chi connectivity index (χ0v) is 16.0. The summed E-state index contributed by atoms with van der Waals surface area (Å²) in [4.78, 5) is 0. The van der Waals surface area contributed by atoms with Crippen LogP contribution in [0.3, 0.4) is 0 Å². The summed E-state index contributed by atoms with van der Waals surface area (Å²) in [6.07, 6.45) is 13.1. The molecular formula is C13H15Cl3SiZr. The first-order valence-electron chi connectivity index (χ1n) is 6.02. The SMILES string of the molecule is CCC[Si]1(Cl)C2=[C](CC=C2)[Zr+2][C]2=C1C=CC2.[Cl-].[Cl-]. The molecular weight excluding hydrogens is 382 g/mol. The van der Waals surface area contributed by atoms with E-state index < -0.39 is 30.6 Å². The topological polar surface area (TPSA) is 0 Å². The second-order valence-corrected chi connectivity index (χ2v) is 13.4. The van der Waals surface area contributed by atoms with Crippen LogP contribution in [0.5, 0.6) is 0 Å². The van der Waals surface area contributed by atoms with Crippen molar-refractivity contribution >= 4 is 18.5 Å². The molecule has 2 aliphatic carbocycles. The Labute approximate surface area is 139 Å².